The van der Waals surface area contributed by atoms with Crippen molar-refractivity contribution < 1.29 is 23.2 Å². The fourth-order valence-corrected chi connectivity index (χ4v) is 1.80. The second-order valence-electron chi connectivity index (χ2n) is 4.22. The minimum absolute atomic E-state index is 0.0147. The number of aromatic amines is 1. The number of nitro benzene ring substituents is 1. The molecule has 1 amide bonds. The van der Waals surface area contributed by atoms with Gasteiger partial charge in [0.25, 0.3) is 18.0 Å². The third-order valence-corrected chi connectivity index (χ3v) is 2.84. The summed E-state index contributed by atoms with van der Waals surface area (Å²) in [5.74, 6) is -0.877. The van der Waals surface area contributed by atoms with Crippen molar-refractivity contribution in [2.75, 3.05) is 11.9 Å². The minimum atomic E-state index is -2.74. The van der Waals surface area contributed by atoms with Gasteiger partial charge in [0.15, 0.2) is 0 Å². The van der Waals surface area contributed by atoms with Crippen LogP contribution in [0.1, 0.15) is 10.5 Å². The van der Waals surface area contributed by atoms with Gasteiger partial charge in [-0.25, -0.2) is 8.78 Å². The zero-order valence-electron chi connectivity index (χ0n) is 11.3. The number of anilines is 1. The Morgan fingerprint density at radius 3 is 2.78 bits per heavy atom. The van der Waals surface area contributed by atoms with Gasteiger partial charge in [0.2, 0.25) is 0 Å². The molecule has 2 rings (SSSR count). The Morgan fingerprint density at radius 2 is 2.22 bits per heavy atom. The lowest BCUT2D eigenvalue weighted by Gasteiger charge is -2.09. The number of carbonyl (C=O) groups excluding carboxylic acids is 1. The highest BCUT2D eigenvalue weighted by molar-refractivity contribution is 6.34. The SMILES string of the molecule is O=C(Nc1cc(OCC(F)F)cc([N+](=O)[O-])c1)c1[nH]ncc1Cl. The number of hydrogen-bond donors (Lipinski definition) is 2. The van der Waals surface area contributed by atoms with Crippen LogP contribution in [0.2, 0.25) is 5.02 Å². The van der Waals surface area contributed by atoms with E-state index >= 15 is 0 Å². The molecule has 0 saturated heterocycles. The van der Waals surface area contributed by atoms with Gasteiger partial charge in [0.1, 0.15) is 18.1 Å². The maximum atomic E-state index is 12.2. The first-order valence-corrected chi connectivity index (χ1v) is 6.45. The van der Waals surface area contributed by atoms with Gasteiger partial charge in [-0.05, 0) is 0 Å². The number of rotatable bonds is 6. The van der Waals surface area contributed by atoms with Gasteiger partial charge in [0, 0.05) is 12.1 Å². The number of H-pyrrole nitrogens is 1. The quantitative estimate of drug-likeness (QED) is 0.617. The van der Waals surface area contributed by atoms with Crippen LogP contribution in [-0.2, 0) is 0 Å². The smallest absolute Gasteiger partial charge is 0.275 e. The van der Waals surface area contributed by atoms with Gasteiger partial charge in [0.05, 0.1) is 27.9 Å². The molecule has 11 heteroatoms. The summed E-state index contributed by atoms with van der Waals surface area (Å²) in [5, 5.41) is 19.2. The highest BCUT2D eigenvalue weighted by Crippen LogP contribution is 2.27. The number of benzene rings is 1. The van der Waals surface area contributed by atoms with Gasteiger partial charge in [-0.3, -0.25) is 20.0 Å². The van der Waals surface area contributed by atoms with Gasteiger partial charge in [-0.15, -0.1) is 0 Å². The molecule has 0 radical (unpaired) electrons. The zero-order valence-corrected chi connectivity index (χ0v) is 12.0. The Bertz CT molecular complexity index is 738. The van der Waals surface area contributed by atoms with E-state index in [1.54, 1.807) is 0 Å². The van der Waals surface area contributed by atoms with Crippen molar-refractivity contribution in [1.82, 2.24) is 10.2 Å². The molecule has 8 nitrogen and oxygen atoms in total. The fraction of sp³-hybridized carbons (Fsp3) is 0.167. The maximum Gasteiger partial charge on any atom is 0.275 e. The van der Waals surface area contributed by atoms with E-state index in [1.165, 1.54) is 12.3 Å². The van der Waals surface area contributed by atoms with Crippen molar-refractivity contribution in [2.45, 2.75) is 6.43 Å². The normalized spacial score (nSPS) is 10.6. The lowest BCUT2D eigenvalue weighted by atomic mass is 10.2. The average Bonchev–Trinajstić information content (AvgIpc) is 2.91. The number of aromatic nitrogens is 2. The number of carbonyl (C=O) groups is 1. The van der Waals surface area contributed by atoms with Crippen molar-refractivity contribution in [1.29, 1.82) is 0 Å². The van der Waals surface area contributed by atoms with Crippen molar-refractivity contribution >= 4 is 28.9 Å². The lowest BCUT2D eigenvalue weighted by molar-refractivity contribution is -0.384. The first-order valence-electron chi connectivity index (χ1n) is 6.07. The van der Waals surface area contributed by atoms with E-state index in [0.29, 0.717) is 0 Å². The summed E-state index contributed by atoms with van der Waals surface area (Å²) in [4.78, 5) is 22.1. The van der Waals surface area contributed by atoms with E-state index in [4.69, 9.17) is 16.3 Å². The zero-order chi connectivity index (χ0) is 17.0. The van der Waals surface area contributed by atoms with Crippen molar-refractivity contribution in [3.63, 3.8) is 0 Å². The maximum absolute atomic E-state index is 12.2. The summed E-state index contributed by atoms with van der Waals surface area (Å²) >= 11 is 5.73. The van der Waals surface area contributed by atoms with Crippen molar-refractivity contribution in [3.8, 4) is 5.75 Å². The number of ether oxygens (including phenoxy) is 1. The predicted molar refractivity (Wildman–Crippen MR) is 76.1 cm³/mol. The molecule has 0 atom stereocenters. The molecule has 1 aromatic heterocycles. The molecule has 2 N–H and O–H groups in total. The van der Waals surface area contributed by atoms with Crippen LogP contribution in [0.25, 0.3) is 0 Å². The summed E-state index contributed by atoms with van der Waals surface area (Å²) in [6.45, 7) is -0.930. The molecule has 1 heterocycles. The van der Waals surface area contributed by atoms with Gasteiger partial charge in [-0.2, -0.15) is 5.10 Å². The first kappa shape index (κ1) is 16.6. The molecule has 0 fully saturated rings. The number of halogens is 3. The van der Waals surface area contributed by atoms with Crippen LogP contribution in [0.5, 0.6) is 5.75 Å². The largest absolute Gasteiger partial charge is 0.487 e. The molecule has 23 heavy (non-hydrogen) atoms. The van der Waals surface area contributed by atoms with Crippen LogP contribution in [0.15, 0.2) is 24.4 Å². The molecule has 0 aliphatic heterocycles. The monoisotopic (exact) mass is 346 g/mol. The number of non-ortho nitro benzene ring substituents is 1. The Balaban J connectivity index is 2.24. The topological polar surface area (TPSA) is 110 Å². The summed E-state index contributed by atoms with van der Waals surface area (Å²) in [5.41, 5.74) is -0.491. The van der Waals surface area contributed by atoms with Gasteiger partial charge in [-0.1, -0.05) is 11.6 Å². The molecule has 2 aromatic rings. The molecule has 0 bridgehead atoms. The Morgan fingerprint density at radius 1 is 1.48 bits per heavy atom. The molecular weight excluding hydrogens is 338 g/mol. The third kappa shape index (κ3) is 4.36. The molecule has 0 aliphatic carbocycles. The van der Waals surface area contributed by atoms with Crippen LogP contribution in [0.3, 0.4) is 0 Å². The standard InChI is InChI=1S/C12H9ClF2N4O4/c13-9-4-16-18-11(9)12(20)17-6-1-7(19(21)22)3-8(2-6)23-5-10(14)15/h1-4,10H,5H2,(H,16,18)(H,17,20). The van der Waals surface area contributed by atoms with E-state index in [1.807, 2.05) is 0 Å². The average molecular weight is 347 g/mol. The lowest BCUT2D eigenvalue weighted by Crippen LogP contribution is -2.13. The van der Waals surface area contributed by atoms with Crippen LogP contribution >= 0.6 is 11.6 Å². The molecule has 1 aromatic carbocycles. The van der Waals surface area contributed by atoms with E-state index in [0.717, 1.165) is 12.1 Å². The summed E-state index contributed by atoms with van der Waals surface area (Å²) < 4.78 is 29.1. The van der Waals surface area contributed by atoms with E-state index in [-0.39, 0.29) is 22.2 Å². The fourth-order valence-electron chi connectivity index (χ4n) is 1.63. The number of nitro groups is 1. The van der Waals surface area contributed by atoms with E-state index in [2.05, 4.69) is 15.5 Å². The second kappa shape index (κ2) is 7.01. The van der Waals surface area contributed by atoms with Crippen LogP contribution in [-0.4, -0.2) is 34.1 Å². The van der Waals surface area contributed by atoms with Crippen molar-refractivity contribution in [2.24, 2.45) is 0 Å². The highest BCUT2D eigenvalue weighted by atomic mass is 35.5. The summed E-state index contributed by atoms with van der Waals surface area (Å²) in [7, 11) is 0. The Kier molecular flexibility index (Phi) is 5.06. The molecule has 0 unspecified atom stereocenters. The number of nitrogens with one attached hydrogen (secondary N) is 2. The van der Waals surface area contributed by atoms with Crippen LogP contribution in [0, 0.1) is 10.1 Å². The minimum Gasteiger partial charge on any atom is -0.487 e. The number of hydrogen-bond acceptors (Lipinski definition) is 5. The Labute approximate surface area is 132 Å². The third-order valence-electron chi connectivity index (χ3n) is 2.56. The predicted octanol–water partition coefficient (Wildman–Crippen LogP) is 2.87. The second-order valence-corrected chi connectivity index (χ2v) is 4.63. The van der Waals surface area contributed by atoms with E-state index < -0.39 is 29.6 Å². The summed E-state index contributed by atoms with van der Waals surface area (Å²) in [6, 6.07) is 3.20. The highest BCUT2D eigenvalue weighted by Gasteiger charge is 2.16. The molecule has 122 valence electrons. The van der Waals surface area contributed by atoms with Crippen LogP contribution < -0.4 is 10.1 Å². The first-order chi connectivity index (χ1) is 10.9. The van der Waals surface area contributed by atoms with E-state index in [9.17, 15) is 23.7 Å². The molecule has 0 spiro atoms. The molecule has 0 aliphatic rings. The number of amides is 1. The summed E-state index contributed by atoms with van der Waals surface area (Å²) in [6.07, 6.45) is -1.53. The molecule has 0 saturated carbocycles. The number of nitrogens with zero attached hydrogens (tertiary/aromatic N) is 2. The van der Waals surface area contributed by atoms with Crippen LogP contribution in [0.4, 0.5) is 20.2 Å². The van der Waals surface area contributed by atoms with Gasteiger partial charge < -0.3 is 10.1 Å². The Hall–Kier alpha value is -2.75. The van der Waals surface area contributed by atoms with Gasteiger partial charge >= 0.3 is 0 Å². The molecular formula is C12H9ClF2N4O4. The number of alkyl halides is 2. The van der Waals surface area contributed by atoms with Crippen molar-refractivity contribution in [3.05, 3.63) is 45.2 Å².